The zero-order valence-corrected chi connectivity index (χ0v) is 22.3. The van der Waals surface area contributed by atoms with Gasteiger partial charge in [-0.1, -0.05) is 62.4 Å². The topological polar surface area (TPSA) is 78.6 Å². The van der Waals surface area contributed by atoms with Gasteiger partial charge < -0.3 is 15.7 Å². The highest BCUT2D eigenvalue weighted by molar-refractivity contribution is 5.94. The molecule has 6 nitrogen and oxygen atoms in total. The lowest BCUT2D eigenvalue weighted by Gasteiger charge is -2.40. The summed E-state index contributed by atoms with van der Waals surface area (Å²) in [5, 5.41) is 16.5. The Morgan fingerprint density at radius 3 is 2.42 bits per heavy atom. The van der Waals surface area contributed by atoms with Crippen LogP contribution in [0.5, 0.6) is 0 Å². The van der Waals surface area contributed by atoms with E-state index in [1.165, 1.54) is 0 Å². The summed E-state index contributed by atoms with van der Waals surface area (Å²) in [6.45, 7) is 12.9. The number of aliphatic hydroxyl groups excluding tert-OH is 1. The Morgan fingerprint density at radius 2 is 1.70 bits per heavy atom. The van der Waals surface area contributed by atoms with Gasteiger partial charge in [-0.15, -0.1) is 0 Å². The number of aromatic nitrogens is 1. The summed E-state index contributed by atoms with van der Waals surface area (Å²) in [7, 11) is 0. The molecule has 0 saturated carbocycles. The molecule has 0 bridgehead atoms. The number of aryl methyl sites for hydroxylation is 1. The van der Waals surface area contributed by atoms with E-state index >= 15 is 0 Å². The summed E-state index contributed by atoms with van der Waals surface area (Å²) in [5.74, 6) is -2.01. The first-order chi connectivity index (χ1) is 19.1. The van der Waals surface area contributed by atoms with Gasteiger partial charge in [0.05, 0.1) is 35.8 Å². The number of halogens is 2. The number of pyridine rings is 1. The molecule has 5 rings (SSSR count). The van der Waals surface area contributed by atoms with Crippen LogP contribution >= 0.6 is 0 Å². The summed E-state index contributed by atoms with van der Waals surface area (Å²) >= 11 is 0. The fourth-order valence-corrected chi connectivity index (χ4v) is 5.38. The highest BCUT2D eigenvalue weighted by atomic mass is 19.2. The van der Waals surface area contributed by atoms with Crippen molar-refractivity contribution in [2.45, 2.75) is 44.8 Å². The molecule has 0 fully saturated rings. The van der Waals surface area contributed by atoms with Crippen molar-refractivity contribution in [2.24, 2.45) is 0 Å². The van der Waals surface area contributed by atoms with E-state index in [-0.39, 0.29) is 6.42 Å². The van der Waals surface area contributed by atoms with Crippen LogP contribution in [0.2, 0.25) is 0 Å². The summed E-state index contributed by atoms with van der Waals surface area (Å²) in [6.07, 6.45) is -0.756. The zero-order chi connectivity index (χ0) is 28.6. The van der Waals surface area contributed by atoms with E-state index in [1.807, 2.05) is 57.2 Å². The number of urea groups is 1. The summed E-state index contributed by atoms with van der Waals surface area (Å²) in [4.78, 5) is 21.7. The maximum Gasteiger partial charge on any atom is 0.319 e. The fraction of sp³-hybridized carbons (Fsp3) is 0.219. The van der Waals surface area contributed by atoms with Gasteiger partial charge >= 0.3 is 6.03 Å². The first kappa shape index (κ1) is 27.0. The predicted molar refractivity (Wildman–Crippen MR) is 151 cm³/mol. The number of rotatable bonds is 4. The summed E-state index contributed by atoms with van der Waals surface area (Å²) in [5.41, 5.74) is 4.70. The van der Waals surface area contributed by atoms with Crippen LogP contribution < -0.4 is 10.6 Å². The van der Waals surface area contributed by atoms with E-state index < -0.39 is 35.2 Å². The normalized spacial score (nSPS) is 17.4. The third-order valence-corrected chi connectivity index (χ3v) is 7.30. The smallest absolute Gasteiger partial charge is 0.319 e. The highest BCUT2D eigenvalue weighted by Crippen LogP contribution is 2.43. The molecule has 0 spiro atoms. The molecule has 1 aliphatic rings. The summed E-state index contributed by atoms with van der Waals surface area (Å²) < 4.78 is 28.4. The molecular weight excluding hydrogens is 510 g/mol. The third-order valence-electron chi connectivity index (χ3n) is 7.30. The van der Waals surface area contributed by atoms with Crippen LogP contribution in [-0.4, -0.2) is 22.2 Å². The quantitative estimate of drug-likeness (QED) is 0.236. The third kappa shape index (κ3) is 5.16. The van der Waals surface area contributed by atoms with Crippen molar-refractivity contribution in [1.29, 1.82) is 0 Å². The van der Waals surface area contributed by atoms with Crippen molar-refractivity contribution in [1.82, 2.24) is 10.3 Å². The molecule has 0 aliphatic heterocycles. The lowest BCUT2D eigenvalue weighted by atomic mass is 9.69. The van der Waals surface area contributed by atoms with Crippen molar-refractivity contribution in [3.8, 4) is 22.5 Å². The average molecular weight is 539 g/mol. The van der Waals surface area contributed by atoms with Crippen LogP contribution in [0.25, 0.3) is 27.4 Å². The number of carbonyl (C=O) groups excluding carboxylic acids is 1. The van der Waals surface area contributed by atoms with Crippen LogP contribution in [-0.2, 0) is 5.41 Å². The van der Waals surface area contributed by atoms with Gasteiger partial charge in [0.2, 0.25) is 0 Å². The van der Waals surface area contributed by atoms with Crippen LogP contribution in [0.4, 0.5) is 25.0 Å². The fourth-order valence-electron chi connectivity index (χ4n) is 5.38. The second-order valence-electron chi connectivity index (χ2n) is 10.7. The van der Waals surface area contributed by atoms with Crippen molar-refractivity contribution < 1.29 is 18.7 Å². The molecule has 2 atom stereocenters. The van der Waals surface area contributed by atoms with Crippen molar-refractivity contribution in [2.75, 3.05) is 5.32 Å². The van der Waals surface area contributed by atoms with Crippen LogP contribution in [0.1, 0.15) is 43.0 Å². The zero-order valence-electron chi connectivity index (χ0n) is 22.3. The number of nitrogens with zero attached hydrogens (tertiary/aromatic N) is 2. The van der Waals surface area contributed by atoms with E-state index in [1.54, 1.807) is 24.3 Å². The second-order valence-corrected chi connectivity index (χ2v) is 10.7. The number of amides is 2. The number of aliphatic hydroxyl groups is 1. The number of benzene rings is 3. The Kier molecular flexibility index (Phi) is 7.09. The Hall–Kier alpha value is -4.61. The number of hydrogen-bond donors (Lipinski definition) is 3. The van der Waals surface area contributed by atoms with E-state index in [9.17, 15) is 18.7 Å². The molecule has 0 radical (unpaired) electrons. The van der Waals surface area contributed by atoms with Crippen molar-refractivity contribution >= 4 is 17.4 Å². The molecule has 40 heavy (non-hydrogen) atoms. The molecule has 2 amide bonds. The minimum absolute atomic E-state index is 0.254. The lowest BCUT2D eigenvalue weighted by Crippen LogP contribution is -2.45. The van der Waals surface area contributed by atoms with Crippen molar-refractivity contribution in [3.05, 3.63) is 113 Å². The Labute approximate surface area is 231 Å². The number of carbonyl (C=O) groups is 1. The molecule has 1 aliphatic carbocycles. The van der Waals surface area contributed by atoms with E-state index in [4.69, 9.17) is 11.6 Å². The lowest BCUT2D eigenvalue weighted by molar-refractivity contribution is 0.0878. The van der Waals surface area contributed by atoms with Crippen LogP contribution in [0.15, 0.2) is 72.8 Å². The van der Waals surface area contributed by atoms with Gasteiger partial charge in [0.25, 0.3) is 0 Å². The number of anilines is 1. The van der Waals surface area contributed by atoms with Crippen LogP contribution in [0.3, 0.4) is 0 Å². The van der Waals surface area contributed by atoms with Gasteiger partial charge in [0, 0.05) is 5.56 Å². The Bertz CT molecular complexity index is 1650. The number of nitrogens with one attached hydrogen (secondary N) is 2. The van der Waals surface area contributed by atoms with Gasteiger partial charge in [0.1, 0.15) is 0 Å². The van der Waals surface area contributed by atoms with Gasteiger partial charge in [-0.25, -0.2) is 23.4 Å². The minimum Gasteiger partial charge on any atom is -0.391 e. The maximum absolute atomic E-state index is 14.2. The largest absolute Gasteiger partial charge is 0.391 e. The molecule has 3 N–H and O–H groups in total. The SMILES string of the molecule is [C-]#[N+]c1cccc(-c2nc(-c3ccccc3)c(NC(=O)NC3c4cc(F)c(F)cc4C(C)(C)C[C@H]3O)cc2C)c1. The highest BCUT2D eigenvalue weighted by Gasteiger charge is 2.40. The summed E-state index contributed by atoms with van der Waals surface area (Å²) in [6, 6.07) is 19.0. The molecule has 4 aromatic rings. The molecule has 202 valence electrons. The maximum atomic E-state index is 14.2. The molecule has 1 unspecified atom stereocenters. The van der Waals surface area contributed by atoms with E-state index in [0.717, 1.165) is 28.8 Å². The predicted octanol–water partition coefficient (Wildman–Crippen LogP) is 7.46. The molecule has 8 heteroatoms. The molecule has 0 saturated heterocycles. The monoisotopic (exact) mass is 538 g/mol. The van der Waals surface area contributed by atoms with E-state index in [0.29, 0.717) is 33.9 Å². The first-order valence-electron chi connectivity index (χ1n) is 12.9. The number of hydrogen-bond acceptors (Lipinski definition) is 3. The van der Waals surface area contributed by atoms with Gasteiger partial charge in [-0.3, -0.25) is 0 Å². The Morgan fingerprint density at radius 1 is 1.00 bits per heavy atom. The minimum atomic E-state index is -1.04. The van der Waals surface area contributed by atoms with Crippen LogP contribution in [0, 0.1) is 25.1 Å². The number of fused-ring (bicyclic) bond motifs is 1. The standard InChI is InChI=1S/C32H28F2N4O2/c1-18-13-26(29(19-9-6-5-7-10-19)37-28(18)20-11-8-12-21(14-20)35-4)36-31(40)38-30-22-15-24(33)25(34)16-23(22)32(2,3)17-27(30)39/h5-16,27,30,39H,17H2,1-3H3,(H2,36,38,40)/t27-,30?/m1/s1. The molecule has 1 heterocycles. The second kappa shape index (κ2) is 10.5. The first-order valence-corrected chi connectivity index (χ1v) is 12.9. The van der Waals surface area contributed by atoms with Gasteiger partial charge in [0.15, 0.2) is 17.3 Å². The molecule has 1 aromatic heterocycles. The molecule has 3 aromatic carbocycles. The van der Waals surface area contributed by atoms with E-state index in [2.05, 4.69) is 15.5 Å². The van der Waals surface area contributed by atoms with Crippen molar-refractivity contribution in [3.63, 3.8) is 0 Å². The van der Waals surface area contributed by atoms with Gasteiger partial charge in [-0.05, 0) is 65.3 Å². The average Bonchev–Trinajstić information content (AvgIpc) is 2.92. The Balaban J connectivity index is 1.51. The van der Waals surface area contributed by atoms with Gasteiger partial charge in [-0.2, -0.15) is 0 Å². The molecular formula is C32H28F2N4O2.